The van der Waals surface area contributed by atoms with Crippen molar-refractivity contribution >= 4 is 65.7 Å². The molecular weight excluding hydrogens is 603 g/mol. The molecule has 0 N–H and O–H groups in total. The quantitative estimate of drug-likeness (QED) is 0.196. The maximum Gasteiger partial charge on any atom is 0.145 e. The summed E-state index contributed by atoms with van der Waals surface area (Å²) in [6.07, 6.45) is 1.82. The van der Waals surface area contributed by atoms with E-state index in [2.05, 4.69) is 81.9 Å². The lowest BCUT2D eigenvalue weighted by atomic mass is 10.0. The number of para-hydroxylation sites is 2. The van der Waals surface area contributed by atoms with Crippen LogP contribution in [0.2, 0.25) is 0 Å². The van der Waals surface area contributed by atoms with E-state index in [1.165, 1.54) is 0 Å². The molecule has 0 bridgehead atoms. The first kappa shape index (κ1) is 27.0. The van der Waals surface area contributed by atoms with E-state index in [1.807, 2.05) is 79.0 Å². The molecule has 6 nitrogen and oxygen atoms in total. The smallest absolute Gasteiger partial charge is 0.145 e. The molecule has 0 saturated carbocycles. The zero-order valence-corrected chi connectivity index (χ0v) is 25.9. The Kier molecular flexibility index (Phi) is 5.61. The van der Waals surface area contributed by atoms with Crippen LogP contribution in [0.3, 0.4) is 0 Å². The monoisotopic (exact) mass is 625 g/mol. The number of rotatable bonds is 3. The van der Waals surface area contributed by atoms with Crippen molar-refractivity contribution in [1.29, 1.82) is 10.5 Å². The molecule has 226 valence electrons. The minimum Gasteiger partial charge on any atom is -0.455 e. The molecule has 0 radical (unpaired) electrons. The number of benzene rings is 6. The number of pyridine rings is 1. The van der Waals surface area contributed by atoms with Crippen LogP contribution in [0.1, 0.15) is 11.1 Å². The van der Waals surface area contributed by atoms with Crippen molar-refractivity contribution < 1.29 is 4.42 Å². The molecule has 0 spiro atoms. The molecule has 0 fully saturated rings. The van der Waals surface area contributed by atoms with Crippen LogP contribution in [0, 0.1) is 22.7 Å². The fraction of sp³-hybridized carbons (Fsp3) is 0. The second-order valence-corrected chi connectivity index (χ2v) is 12.3. The van der Waals surface area contributed by atoms with Crippen molar-refractivity contribution in [1.82, 2.24) is 14.1 Å². The molecule has 10 rings (SSSR count). The summed E-state index contributed by atoms with van der Waals surface area (Å²) in [5.41, 5.74) is 10.4. The standard InChI is InChI=1S/C43H23N5O/c44-24-26-14-16-38-36(21-26)32-9-1-3-12-37(32)47(38)31-20-27(25-45)19-29(23-31)28-7-5-8-30(22-28)48-39-17-15-34-33-10-2-4-13-40(33)49-42(34)41(39)35-11-6-18-46-43(35)48/h1-23H. The molecular formula is C43H23N5O. The van der Waals surface area contributed by atoms with E-state index < -0.39 is 0 Å². The Balaban J connectivity index is 1.19. The highest BCUT2D eigenvalue weighted by Crippen LogP contribution is 2.41. The maximum atomic E-state index is 10.2. The summed E-state index contributed by atoms with van der Waals surface area (Å²) in [6.45, 7) is 0. The number of nitrogens with zero attached hydrogens (tertiary/aromatic N) is 5. The molecule has 6 aromatic carbocycles. The van der Waals surface area contributed by atoms with Gasteiger partial charge in [-0.1, -0.05) is 48.5 Å². The van der Waals surface area contributed by atoms with Gasteiger partial charge in [0.2, 0.25) is 0 Å². The third kappa shape index (κ3) is 3.89. The van der Waals surface area contributed by atoms with E-state index in [1.54, 1.807) is 0 Å². The molecule has 6 heteroatoms. The van der Waals surface area contributed by atoms with Crippen molar-refractivity contribution in [3.8, 4) is 34.6 Å². The van der Waals surface area contributed by atoms with Crippen molar-refractivity contribution in [3.63, 3.8) is 0 Å². The molecule has 0 aliphatic rings. The van der Waals surface area contributed by atoms with Gasteiger partial charge in [-0.05, 0) is 96.1 Å². The Morgan fingerprint density at radius 1 is 0.510 bits per heavy atom. The fourth-order valence-corrected chi connectivity index (χ4v) is 7.49. The molecule has 0 aliphatic heterocycles. The third-order valence-electron chi connectivity index (χ3n) is 9.58. The fourth-order valence-electron chi connectivity index (χ4n) is 7.49. The Morgan fingerprint density at radius 3 is 2.18 bits per heavy atom. The van der Waals surface area contributed by atoms with Crippen molar-refractivity contribution in [3.05, 3.63) is 151 Å². The largest absolute Gasteiger partial charge is 0.455 e. The minimum atomic E-state index is 0.559. The first-order valence-corrected chi connectivity index (χ1v) is 16.0. The number of fused-ring (bicyclic) bond motifs is 10. The van der Waals surface area contributed by atoms with Gasteiger partial charge in [0, 0.05) is 44.5 Å². The van der Waals surface area contributed by atoms with E-state index in [4.69, 9.17) is 9.40 Å². The Hall–Kier alpha value is -7.15. The predicted octanol–water partition coefficient (Wildman–Crippen LogP) is 10.6. The molecule has 0 aliphatic carbocycles. The normalized spacial score (nSPS) is 11.6. The summed E-state index contributed by atoms with van der Waals surface area (Å²) in [6, 6.07) is 49.5. The Bertz CT molecular complexity index is 3090. The molecule has 0 saturated heterocycles. The van der Waals surface area contributed by atoms with Gasteiger partial charge in [-0.3, -0.25) is 4.57 Å². The van der Waals surface area contributed by atoms with Gasteiger partial charge in [-0.2, -0.15) is 10.5 Å². The van der Waals surface area contributed by atoms with E-state index in [9.17, 15) is 10.5 Å². The molecule has 0 atom stereocenters. The predicted molar refractivity (Wildman–Crippen MR) is 195 cm³/mol. The lowest BCUT2D eigenvalue weighted by Gasteiger charge is -2.13. The topological polar surface area (TPSA) is 83.5 Å². The first-order valence-electron chi connectivity index (χ1n) is 16.0. The minimum absolute atomic E-state index is 0.559. The highest BCUT2D eigenvalue weighted by molar-refractivity contribution is 6.23. The van der Waals surface area contributed by atoms with Crippen LogP contribution in [0.5, 0.6) is 0 Å². The molecule has 4 aromatic heterocycles. The highest BCUT2D eigenvalue weighted by Gasteiger charge is 2.20. The number of hydrogen-bond acceptors (Lipinski definition) is 4. The average molecular weight is 626 g/mol. The second-order valence-electron chi connectivity index (χ2n) is 12.3. The summed E-state index contributed by atoms with van der Waals surface area (Å²) >= 11 is 0. The molecule has 0 amide bonds. The van der Waals surface area contributed by atoms with Crippen LogP contribution < -0.4 is 0 Å². The summed E-state index contributed by atoms with van der Waals surface area (Å²) in [7, 11) is 0. The van der Waals surface area contributed by atoms with Crippen LogP contribution in [0.4, 0.5) is 0 Å². The van der Waals surface area contributed by atoms with Crippen molar-refractivity contribution in [2.45, 2.75) is 0 Å². The van der Waals surface area contributed by atoms with Crippen molar-refractivity contribution in [2.75, 3.05) is 0 Å². The van der Waals surface area contributed by atoms with Gasteiger partial charge in [-0.25, -0.2) is 4.98 Å². The van der Waals surface area contributed by atoms with Gasteiger partial charge < -0.3 is 8.98 Å². The van der Waals surface area contributed by atoms with E-state index in [-0.39, 0.29) is 0 Å². The Labute approximate surface area is 279 Å². The third-order valence-corrected chi connectivity index (χ3v) is 9.58. The number of furan rings is 1. The van der Waals surface area contributed by atoms with Gasteiger partial charge in [0.05, 0.1) is 45.2 Å². The Morgan fingerprint density at radius 2 is 1.29 bits per heavy atom. The van der Waals surface area contributed by atoms with Crippen LogP contribution in [0.25, 0.3) is 88.2 Å². The molecule has 10 aromatic rings. The molecule has 0 unspecified atom stereocenters. The van der Waals surface area contributed by atoms with Crippen LogP contribution in [-0.2, 0) is 0 Å². The lowest BCUT2D eigenvalue weighted by Crippen LogP contribution is -1.97. The van der Waals surface area contributed by atoms with Gasteiger partial charge in [0.25, 0.3) is 0 Å². The first-order chi connectivity index (χ1) is 24.2. The molecule has 4 heterocycles. The summed E-state index contributed by atoms with van der Waals surface area (Å²) in [5.74, 6) is 0. The van der Waals surface area contributed by atoms with E-state index in [0.717, 1.165) is 88.2 Å². The summed E-state index contributed by atoms with van der Waals surface area (Å²) < 4.78 is 10.8. The number of aromatic nitrogens is 3. The average Bonchev–Trinajstić information content (AvgIpc) is 3.82. The maximum absolute atomic E-state index is 10.2. The number of hydrogen-bond donors (Lipinski definition) is 0. The zero-order valence-electron chi connectivity index (χ0n) is 25.9. The highest BCUT2D eigenvalue weighted by atomic mass is 16.3. The summed E-state index contributed by atoms with van der Waals surface area (Å²) in [4.78, 5) is 4.86. The van der Waals surface area contributed by atoms with Crippen molar-refractivity contribution in [2.24, 2.45) is 0 Å². The van der Waals surface area contributed by atoms with Gasteiger partial charge in [0.1, 0.15) is 16.8 Å². The zero-order chi connectivity index (χ0) is 32.6. The number of nitriles is 2. The van der Waals surface area contributed by atoms with E-state index >= 15 is 0 Å². The van der Waals surface area contributed by atoms with E-state index in [0.29, 0.717) is 11.1 Å². The molecule has 49 heavy (non-hydrogen) atoms. The van der Waals surface area contributed by atoms with Gasteiger partial charge >= 0.3 is 0 Å². The SMILES string of the molecule is N#Cc1cc(-c2cccc(-n3c4ccc5c6ccccc6oc5c4c4cccnc43)c2)cc(-n2c3ccccc3c3cc(C#N)ccc32)c1. The second kappa shape index (κ2) is 10.2. The lowest BCUT2D eigenvalue weighted by molar-refractivity contribution is 0.673. The summed E-state index contributed by atoms with van der Waals surface area (Å²) in [5, 5.41) is 26.1. The van der Waals surface area contributed by atoms with Crippen LogP contribution in [-0.4, -0.2) is 14.1 Å². The van der Waals surface area contributed by atoms with Gasteiger partial charge in [-0.15, -0.1) is 0 Å². The van der Waals surface area contributed by atoms with Crippen LogP contribution in [0.15, 0.2) is 144 Å². The van der Waals surface area contributed by atoms with Crippen LogP contribution >= 0.6 is 0 Å². The van der Waals surface area contributed by atoms with Gasteiger partial charge in [0.15, 0.2) is 0 Å².